The number of hydrogen-bond donors (Lipinski definition) is 2. The highest BCUT2D eigenvalue weighted by Gasteiger charge is 2.16. The van der Waals surface area contributed by atoms with Crippen molar-refractivity contribution < 1.29 is 9.59 Å². The van der Waals surface area contributed by atoms with E-state index in [0.717, 1.165) is 0 Å². The SMILES string of the molecule is O=C(Nc1ccccn1)C(=O)Nc1cccc(Cl)c1Cl. The van der Waals surface area contributed by atoms with Crippen LogP contribution in [0.3, 0.4) is 0 Å². The fraction of sp³-hybridized carbons (Fsp3) is 0. The molecule has 1 aromatic heterocycles. The van der Waals surface area contributed by atoms with Gasteiger partial charge in [-0.1, -0.05) is 35.3 Å². The Morgan fingerprint density at radius 1 is 0.950 bits per heavy atom. The number of benzene rings is 1. The fourth-order valence-corrected chi connectivity index (χ4v) is 1.74. The summed E-state index contributed by atoms with van der Waals surface area (Å²) in [6.45, 7) is 0. The maximum Gasteiger partial charge on any atom is 0.315 e. The van der Waals surface area contributed by atoms with E-state index in [9.17, 15) is 9.59 Å². The standard InChI is InChI=1S/C13H9Cl2N3O2/c14-8-4-3-5-9(11(8)15)17-12(19)13(20)18-10-6-1-2-7-16-10/h1-7H,(H,17,19)(H,16,18,20). The van der Waals surface area contributed by atoms with Crippen LogP contribution in [-0.4, -0.2) is 16.8 Å². The number of carbonyl (C=O) groups is 2. The summed E-state index contributed by atoms with van der Waals surface area (Å²) in [5, 5.41) is 5.19. The lowest BCUT2D eigenvalue weighted by Gasteiger charge is -2.08. The average molecular weight is 310 g/mol. The van der Waals surface area contributed by atoms with Crippen molar-refractivity contribution in [2.45, 2.75) is 0 Å². The van der Waals surface area contributed by atoms with Crippen molar-refractivity contribution in [2.24, 2.45) is 0 Å². The van der Waals surface area contributed by atoms with Crippen LogP contribution >= 0.6 is 23.2 Å². The highest BCUT2D eigenvalue weighted by atomic mass is 35.5. The molecule has 1 heterocycles. The quantitative estimate of drug-likeness (QED) is 0.838. The summed E-state index contributed by atoms with van der Waals surface area (Å²) in [5.41, 5.74) is 0.264. The van der Waals surface area contributed by atoms with Crippen LogP contribution in [-0.2, 0) is 9.59 Å². The molecule has 0 bridgehead atoms. The molecule has 102 valence electrons. The third-order valence-electron chi connectivity index (χ3n) is 2.31. The van der Waals surface area contributed by atoms with Gasteiger partial charge in [-0.3, -0.25) is 9.59 Å². The Morgan fingerprint density at radius 2 is 1.70 bits per heavy atom. The van der Waals surface area contributed by atoms with E-state index in [2.05, 4.69) is 15.6 Å². The number of amides is 2. The van der Waals surface area contributed by atoms with Gasteiger partial charge in [0.15, 0.2) is 0 Å². The van der Waals surface area contributed by atoms with E-state index < -0.39 is 11.8 Å². The molecule has 0 spiro atoms. The lowest BCUT2D eigenvalue weighted by Crippen LogP contribution is -2.29. The minimum atomic E-state index is -0.861. The zero-order valence-electron chi connectivity index (χ0n) is 10.1. The van der Waals surface area contributed by atoms with Gasteiger partial charge >= 0.3 is 11.8 Å². The molecule has 0 unspecified atom stereocenters. The smallest absolute Gasteiger partial charge is 0.315 e. The van der Waals surface area contributed by atoms with Crippen LogP contribution < -0.4 is 10.6 Å². The summed E-state index contributed by atoms with van der Waals surface area (Å²) >= 11 is 11.7. The van der Waals surface area contributed by atoms with E-state index in [1.54, 1.807) is 36.4 Å². The van der Waals surface area contributed by atoms with Gasteiger partial charge in [-0.15, -0.1) is 0 Å². The first-order valence-electron chi connectivity index (χ1n) is 5.55. The van der Waals surface area contributed by atoms with E-state index in [1.807, 2.05) is 0 Å². The van der Waals surface area contributed by atoms with Crippen molar-refractivity contribution in [1.29, 1.82) is 0 Å². The Kier molecular flexibility index (Phi) is 4.55. The lowest BCUT2D eigenvalue weighted by molar-refractivity contribution is -0.133. The fourth-order valence-electron chi connectivity index (χ4n) is 1.39. The van der Waals surface area contributed by atoms with Crippen molar-refractivity contribution >= 4 is 46.5 Å². The minimum absolute atomic E-state index is 0.174. The minimum Gasteiger partial charge on any atom is -0.316 e. The number of anilines is 2. The topological polar surface area (TPSA) is 71.1 Å². The second-order valence-electron chi connectivity index (χ2n) is 3.72. The van der Waals surface area contributed by atoms with Crippen LogP contribution in [0.5, 0.6) is 0 Å². The van der Waals surface area contributed by atoms with Gasteiger partial charge in [0.05, 0.1) is 15.7 Å². The van der Waals surface area contributed by atoms with E-state index in [1.165, 1.54) is 6.20 Å². The molecule has 0 saturated carbocycles. The molecule has 2 N–H and O–H groups in total. The molecular formula is C13H9Cl2N3O2. The van der Waals surface area contributed by atoms with Gasteiger partial charge in [0.2, 0.25) is 0 Å². The number of aromatic nitrogens is 1. The number of pyridine rings is 1. The second-order valence-corrected chi connectivity index (χ2v) is 4.51. The number of halogens is 2. The molecule has 0 saturated heterocycles. The summed E-state index contributed by atoms with van der Waals surface area (Å²) in [4.78, 5) is 27.3. The van der Waals surface area contributed by atoms with Crippen molar-refractivity contribution in [2.75, 3.05) is 10.6 Å². The largest absolute Gasteiger partial charge is 0.316 e. The normalized spacial score (nSPS) is 9.90. The van der Waals surface area contributed by atoms with Crippen LogP contribution in [0, 0.1) is 0 Å². The summed E-state index contributed by atoms with van der Waals surface area (Å²) in [5.74, 6) is -1.43. The first-order chi connectivity index (χ1) is 9.58. The Bertz CT molecular complexity index is 647. The van der Waals surface area contributed by atoms with Gasteiger partial charge < -0.3 is 10.6 Å². The van der Waals surface area contributed by atoms with Crippen LogP contribution in [0.4, 0.5) is 11.5 Å². The Balaban J connectivity index is 2.05. The van der Waals surface area contributed by atoms with Gasteiger partial charge in [-0.05, 0) is 24.3 Å². The van der Waals surface area contributed by atoms with Gasteiger partial charge in [0.25, 0.3) is 0 Å². The lowest BCUT2D eigenvalue weighted by atomic mass is 10.3. The predicted octanol–water partition coefficient (Wildman–Crippen LogP) is 2.97. The van der Waals surface area contributed by atoms with Crippen LogP contribution in [0.1, 0.15) is 0 Å². The summed E-state index contributed by atoms with van der Waals surface area (Å²) in [6.07, 6.45) is 1.50. The number of rotatable bonds is 2. The summed E-state index contributed by atoms with van der Waals surface area (Å²) < 4.78 is 0. The second kappa shape index (κ2) is 6.36. The molecule has 20 heavy (non-hydrogen) atoms. The molecule has 2 aromatic rings. The number of nitrogens with one attached hydrogen (secondary N) is 2. The summed E-state index contributed by atoms with van der Waals surface area (Å²) in [6, 6.07) is 9.68. The molecule has 0 aliphatic heterocycles. The van der Waals surface area contributed by atoms with Crippen molar-refractivity contribution in [3.63, 3.8) is 0 Å². The zero-order valence-corrected chi connectivity index (χ0v) is 11.6. The van der Waals surface area contributed by atoms with Crippen LogP contribution in [0.25, 0.3) is 0 Å². The van der Waals surface area contributed by atoms with Gasteiger partial charge in [0.1, 0.15) is 5.82 Å². The number of carbonyl (C=O) groups excluding carboxylic acids is 2. The maximum absolute atomic E-state index is 11.7. The molecule has 0 atom stereocenters. The van der Waals surface area contributed by atoms with Gasteiger partial charge in [-0.25, -0.2) is 4.98 Å². The van der Waals surface area contributed by atoms with Crippen molar-refractivity contribution in [3.8, 4) is 0 Å². The molecule has 0 aliphatic rings. The van der Waals surface area contributed by atoms with Gasteiger partial charge in [0, 0.05) is 6.20 Å². The third-order valence-corrected chi connectivity index (χ3v) is 3.13. The number of hydrogen-bond acceptors (Lipinski definition) is 3. The molecular weight excluding hydrogens is 301 g/mol. The monoisotopic (exact) mass is 309 g/mol. The Hall–Kier alpha value is -2.11. The van der Waals surface area contributed by atoms with E-state index in [-0.39, 0.29) is 21.6 Å². The zero-order chi connectivity index (χ0) is 14.5. The van der Waals surface area contributed by atoms with E-state index >= 15 is 0 Å². The third kappa shape index (κ3) is 3.46. The van der Waals surface area contributed by atoms with Crippen molar-refractivity contribution in [3.05, 3.63) is 52.6 Å². The van der Waals surface area contributed by atoms with E-state index in [0.29, 0.717) is 0 Å². The highest BCUT2D eigenvalue weighted by Crippen LogP contribution is 2.29. The predicted molar refractivity (Wildman–Crippen MR) is 78.0 cm³/mol. The molecule has 1 aromatic carbocycles. The maximum atomic E-state index is 11.7. The molecule has 7 heteroatoms. The molecule has 5 nitrogen and oxygen atoms in total. The van der Waals surface area contributed by atoms with Crippen LogP contribution in [0.15, 0.2) is 42.6 Å². The van der Waals surface area contributed by atoms with E-state index in [4.69, 9.17) is 23.2 Å². The molecule has 0 aliphatic carbocycles. The number of nitrogens with zero attached hydrogens (tertiary/aromatic N) is 1. The Labute approximate surface area is 124 Å². The highest BCUT2D eigenvalue weighted by molar-refractivity contribution is 6.47. The van der Waals surface area contributed by atoms with Crippen molar-refractivity contribution in [1.82, 2.24) is 4.98 Å². The molecule has 0 fully saturated rings. The summed E-state index contributed by atoms with van der Waals surface area (Å²) in [7, 11) is 0. The van der Waals surface area contributed by atoms with Crippen LogP contribution in [0.2, 0.25) is 10.0 Å². The average Bonchev–Trinajstić information content (AvgIpc) is 2.45. The first-order valence-corrected chi connectivity index (χ1v) is 6.31. The first kappa shape index (κ1) is 14.3. The molecule has 2 rings (SSSR count). The van der Waals surface area contributed by atoms with Gasteiger partial charge in [-0.2, -0.15) is 0 Å². The Morgan fingerprint density at radius 3 is 2.40 bits per heavy atom. The molecule has 2 amide bonds. The molecule has 0 radical (unpaired) electrons.